The molecule has 2 saturated heterocycles. The van der Waals surface area contributed by atoms with E-state index in [0.717, 1.165) is 12.1 Å². The van der Waals surface area contributed by atoms with Crippen molar-refractivity contribution in [2.24, 2.45) is 0 Å². The van der Waals surface area contributed by atoms with Crippen molar-refractivity contribution in [3.8, 4) is 40.1 Å². The van der Waals surface area contributed by atoms with Gasteiger partial charge in [0.15, 0.2) is 29.7 Å². The molecule has 0 bridgehead atoms. The summed E-state index contributed by atoms with van der Waals surface area (Å²) in [6, 6.07) is 5.81. The third-order valence-electron chi connectivity index (χ3n) is 7.16. The van der Waals surface area contributed by atoms with Crippen molar-refractivity contribution in [1.82, 2.24) is 0 Å². The van der Waals surface area contributed by atoms with E-state index in [1.165, 1.54) is 25.3 Å². The molecule has 43 heavy (non-hydrogen) atoms. The predicted molar refractivity (Wildman–Crippen MR) is 140 cm³/mol. The van der Waals surface area contributed by atoms with E-state index >= 15 is 0 Å². The Bertz CT molecular complexity index is 1520. The van der Waals surface area contributed by atoms with E-state index in [1.807, 2.05) is 0 Å². The van der Waals surface area contributed by atoms with E-state index in [9.17, 15) is 50.8 Å². The Morgan fingerprint density at radius 1 is 0.907 bits per heavy atom. The van der Waals surface area contributed by atoms with Crippen LogP contribution in [0.25, 0.3) is 22.3 Å². The number of aliphatic hydroxyl groups excluding tert-OH is 6. The summed E-state index contributed by atoms with van der Waals surface area (Å²) >= 11 is 0. The van der Waals surface area contributed by atoms with Gasteiger partial charge in [-0.05, 0) is 18.2 Å². The number of hydrogen-bond donors (Lipinski definition) is 9. The van der Waals surface area contributed by atoms with Gasteiger partial charge in [0.1, 0.15) is 59.1 Å². The van der Waals surface area contributed by atoms with Gasteiger partial charge in [-0.15, -0.1) is 0 Å². The zero-order valence-electron chi connectivity index (χ0n) is 22.4. The molecule has 2 aromatic carbocycles. The SMILES string of the molecule is COc1cc(-c2oc3cc(O)cc(O)c3c(=O)c2O[C@@H]2O[C@H](CO)[C@@H](O)[C@H](O)[C@@H]2O[C@H]2OC[C@@H](O)[C@@H](O)[C@H]2O)ccc1O. The van der Waals surface area contributed by atoms with Crippen LogP contribution in [0.4, 0.5) is 0 Å². The number of phenols is 3. The first-order valence-corrected chi connectivity index (χ1v) is 13.0. The van der Waals surface area contributed by atoms with E-state index in [4.69, 9.17) is 28.1 Å². The Morgan fingerprint density at radius 3 is 2.35 bits per heavy atom. The molecule has 16 heteroatoms. The lowest BCUT2D eigenvalue weighted by atomic mass is 9.98. The highest BCUT2D eigenvalue weighted by atomic mass is 16.8. The van der Waals surface area contributed by atoms with Crippen molar-refractivity contribution in [3.05, 3.63) is 40.6 Å². The number of aromatic hydroxyl groups is 3. The Hall–Kier alpha value is -3.71. The Kier molecular flexibility index (Phi) is 8.66. The van der Waals surface area contributed by atoms with Gasteiger partial charge in [-0.3, -0.25) is 4.79 Å². The molecule has 234 valence electrons. The molecular formula is C27H30O16. The predicted octanol–water partition coefficient (Wildman–Crippen LogP) is -1.77. The summed E-state index contributed by atoms with van der Waals surface area (Å²) in [4.78, 5) is 13.8. The van der Waals surface area contributed by atoms with Crippen molar-refractivity contribution < 1.29 is 74.1 Å². The van der Waals surface area contributed by atoms with Crippen molar-refractivity contribution in [1.29, 1.82) is 0 Å². The molecule has 3 aromatic rings. The molecule has 5 rings (SSSR count). The van der Waals surface area contributed by atoms with Gasteiger partial charge in [0, 0.05) is 17.7 Å². The zero-order valence-corrected chi connectivity index (χ0v) is 22.4. The van der Waals surface area contributed by atoms with Crippen LogP contribution < -0.4 is 14.9 Å². The molecular weight excluding hydrogens is 580 g/mol. The van der Waals surface area contributed by atoms with E-state index in [2.05, 4.69) is 0 Å². The fourth-order valence-electron chi connectivity index (χ4n) is 4.85. The molecule has 2 fully saturated rings. The van der Waals surface area contributed by atoms with Crippen molar-refractivity contribution in [2.45, 2.75) is 55.3 Å². The second-order valence-electron chi connectivity index (χ2n) is 9.99. The number of benzene rings is 2. The van der Waals surface area contributed by atoms with Gasteiger partial charge in [0.25, 0.3) is 0 Å². The highest BCUT2D eigenvalue weighted by Crippen LogP contribution is 2.40. The summed E-state index contributed by atoms with van der Waals surface area (Å²) in [6.07, 6.45) is -15.3. The summed E-state index contributed by atoms with van der Waals surface area (Å²) in [5.74, 6) is -2.34. The number of phenolic OH excluding ortho intramolecular Hbond substituents is 3. The van der Waals surface area contributed by atoms with Crippen LogP contribution in [0, 0.1) is 0 Å². The van der Waals surface area contributed by atoms with Crippen molar-refractivity contribution in [3.63, 3.8) is 0 Å². The quantitative estimate of drug-likeness (QED) is 0.143. The van der Waals surface area contributed by atoms with Crippen molar-refractivity contribution >= 4 is 11.0 Å². The van der Waals surface area contributed by atoms with Gasteiger partial charge in [0.05, 0.1) is 20.3 Å². The Labute approximate surface area is 241 Å². The molecule has 3 heterocycles. The van der Waals surface area contributed by atoms with Gasteiger partial charge in [-0.1, -0.05) is 0 Å². The van der Waals surface area contributed by atoms with Crippen LogP contribution in [-0.4, -0.2) is 122 Å². The van der Waals surface area contributed by atoms with Crippen molar-refractivity contribution in [2.75, 3.05) is 20.3 Å². The van der Waals surface area contributed by atoms with E-state index in [0.29, 0.717) is 0 Å². The fraction of sp³-hybridized carbons (Fsp3) is 0.444. The molecule has 0 unspecified atom stereocenters. The van der Waals surface area contributed by atoms with Gasteiger partial charge in [-0.2, -0.15) is 0 Å². The lowest BCUT2D eigenvalue weighted by Crippen LogP contribution is -2.64. The van der Waals surface area contributed by atoms with E-state index < -0.39 is 96.6 Å². The lowest BCUT2D eigenvalue weighted by molar-refractivity contribution is -0.345. The molecule has 0 radical (unpaired) electrons. The second-order valence-corrected chi connectivity index (χ2v) is 9.99. The molecule has 0 spiro atoms. The minimum atomic E-state index is -1.88. The maximum atomic E-state index is 13.8. The summed E-state index contributed by atoms with van der Waals surface area (Å²) in [5, 5.41) is 91.5. The average Bonchev–Trinajstić information content (AvgIpc) is 2.97. The van der Waals surface area contributed by atoms with Gasteiger partial charge >= 0.3 is 0 Å². The molecule has 9 N–H and O–H groups in total. The Balaban J connectivity index is 1.63. The summed E-state index contributed by atoms with van der Waals surface area (Å²) in [7, 11) is 1.28. The van der Waals surface area contributed by atoms with Crippen LogP contribution in [0.15, 0.2) is 39.5 Å². The molecule has 0 aliphatic carbocycles. The van der Waals surface area contributed by atoms with Crippen LogP contribution in [0.3, 0.4) is 0 Å². The Morgan fingerprint density at radius 2 is 1.65 bits per heavy atom. The maximum Gasteiger partial charge on any atom is 0.239 e. The molecule has 2 aliphatic rings. The van der Waals surface area contributed by atoms with Crippen LogP contribution in [0.5, 0.6) is 28.7 Å². The molecule has 0 saturated carbocycles. The first-order chi connectivity index (χ1) is 20.4. The minimum absolute atomic E-state index is 0.0249. The maximum absolute atomic E-state index is 13.8. The second kappa shape index (κ2) is 12.1. The molecule has 1 aromatic heterocycles. The van der Waals surface area contributed by atoms with Crippen LogP contribution >= 0.6 is 0 Å². The van der Waals surface area contributed by atoms with Gasteiger partial charge < -0.3 is 74.1 Å². The number of aliphatic hydroxyl groups is 6. The summed E-state index contributed by atoms with van der Waals surface area (Å²) < 4.78 is 33.4. The molecule has 2 aliphatic heterocycles. The standard InChI is InChI=1S/C27H30O16/c1-38-14-4-9(2-3-11(14)30)23-24(20(35)17-12(31)5-10(29)6-15(17)40-23)42-27-25(21(36)19(34)16(7-28)41-27)43-26-22(37)18(33)13(32)8-39-26/h2-6,13,16,18-19,21-22,25-34,36-37H,7-8H2,1H3/t13-,16-,18-,19-,21+,22-,25+,26-,27+/m1/s1. The van der Waals surface area contributed by atoms with Crippen LogP contribution in [-0.2, 0) is 14.2 Å². The smallest absolute Gasteiger partial charge is 0.239 e. The normalized spacial score (nSPS) is 31.2. The fourth-order valence-corrected chi connectivity index (χ4v) is 4.85. The lowest BCUT2D eigenvalue weighted by Gasteiger charge is -2.44. The van der Waals surface area contributed by atoms with E-state index in [1.54, 1.807) is 0 Å². The summed E-state index contributed by atoms with van der Waals surface area (Å²) in [5.41, 5.74) is -1.15. The molecule has 0 amide bonds. The topological polar surface area (TPSA) is 258 Å². The first-order valence-electron chi connectivity index (χ1n) is 13.0. The van der Waals surface area contributed by atoms with E-state index in [-0.39, 0.29) is 28.4 Å². The third kappa shape index (κ3) is 5.67. The number of fused-ring (bicyclic) bond motifs is 1. The number of ether oxygens (including phenoxy) is 5. The zero-order chi connectivity index (χ0) is 31.2. The monoisotopic (exact) mass is 610 g/mol. The number of methoxy groups -OCH3 is 1. The van der Waals surface area contributed by atoms with Gasteiger partial charge in [-0.25, -0.2) is 0 Å². The summed E-state index contributed by atoms with van der Waals surface area (Å²) in [6.45, 7) is -1.28. The van der Waals surface area contributed by atoms with Crippen LogP contribution in [0.1, 0.15) is 0 Å². The number of rotatable bonds is 7. The third-order valence-corrected chi connectivity index (χ3v) is 7.16. The first kappa shape index (κ1) is 30.7. The van der Waals surface area contributed by atoms with Crippen LogP contribution in [0.2, 0.25) is 0 Å². The molecule has 16 nitrogen and oxygen atoms in total. The largest absolute Gasteiger partial charge is 0.508 e. The highest BCUT2D eigenvalue weighted by Gasteiger charge is 2.50. The average molecular weight is 611 g/mol. The molecule has 9 atom stereocenters. The highest BCUT2D eigenvalue weighted by molar-refractivity contribution is 5.88. The minimum Gasteiger partial charge on any atom is -0.508 e. The number of hydrogen-bond acceptors (Lipinski definition) is 16. The van der Waals surface area contributed by atoms with Gasteiger partial charge in [0.2, 0.25) is 17.5 Å².